The van der Waals surface area contributed by atoms with Crippen LogP contribution in [0.2, 0.25) is 0 Å². The van der Waals surface area contributed by atoms with Gasteiger partial charge in [-0.05, 0) is 30.9 Å². The maximum atomic E-state index is 11.9. The predicted molar refractivity (Wildman–Crippen MR) is 88.9 cm³/mol. The molecular weight excluding hydrogens is 316 g/mol. The number of amides is 1. The molecule has 0 spiro atoms. The van der Waals surface area contributed by atoms with Gasteiger partial charge >= 0.3 is 0 Å². The summed E-state index contributed by atoms with van der Waals surface area (Å²) in [5.41, 5.74) is 1.04. The lowest BCUT2D eigenvalue weighted by molar-refractivity contribution is -0.121. The number of hydrogen-bond donors (Lipinski definition) is 1. The monoisotopic (exact) mass is 340 g/mol. The number of nitrogens with zero attached hydrogens (tertiary/aromatic N) is 1. The first-order valence-corrected chi connectivity index (χ1v) is 9.50. The Morgan fingerprint density at radius 2 is 2.09 bits per heavy atom. The Morgan fingerprint density at radius 3 is 2.83 bits per heavy atom. The van der Waals surface area contributed by atoms with Crippen LogP contribution in [0.1, 0.15) is 24.8 Å². The maximum Gasteiger partial charge on any atom is 0.221 e. The second-order valence-electron chi connectivity index (χ2n) is 5.58. The van der Waals surface area contributed by atoms with Crippen molar-refractivity contribution in [2.45, 2.75) is 25.7 Å². The molecule has 1 aliphatic heterocycles. The van der Waals surface area contributed by atoms with Gasteiger partial charge in [0.15, 0.2) is 0 Å². The highest BCUT2D eigenvalue weighted by Gasteiger charge is 2.25. The number of ether oxygens (including phenoxy) is 1. The second-order valence-corrected chi connectivity index (χ2v) is 7.67. The Labute approximate surface area is 137 Å². The molecule has 2 rings (SSSR count). The summed E-state index contributed by atoms with van der Waals surface area (Å²) >= 11 is 0. The number of rotatable bonds is 7. The Bertz CT molecular complexity index is 631. The molecule has 0 bridgehead atoms. The Kier molecular flexibility index (Phi) is 6.41. The van der Waals surface area contributed by atoms with Gasteiger partial charge in [0.25, 0.3) is 0 Å². The number of carbonyl (C=O) groups excluding carboxylic acids is 1. The highest BCUT2D eigenvalue weighted by Crippen LogP contribution is 2.17. The third kappa shape index (κ3) is 5.21. The molecule has 7 heteroatoms. The van der Waals surface area contributed by atoms with E-state index in [0.717, 1.165) is 17.7 Å². The standard InChI is InChI=1S/C16H24N2O4S/c1-22-15-7-3-2-6-14(15)8-10-17-16(19)9-12-18-11-4-5-13-23(18,20)21/h2-3,6-7H,4-5,8-13H2,1H3,(H,17,19). The molecule has 0 aromatic heterocycles. The first kappa shape index (κ1) is 17.7. The Hall–Kier alpha value is -1.60. The van der Waals surface area contributed by atoms with Crippen LogP contribution < -0.4 is 10.1 Å². The average molecular weight is 340 g/mol. The van der Waals surface area contributed by atoms with Crippen molar-refractivity contribution >= 4 is 15.9 Å². The SMILES string of the molecule is COc1ccccc1CCNC(=O)CCN1CCCCS1(=O)=O. The van der Waals surface area contributed by atoms with E-state index in [-0.39, 0.29) is 24.6 Å². The molecule has 1 fully saturated rings. The van der Waals surface area contributed by atoms with E-state index in [0.29, 0.717) is 25.9 Å². The van der Waals surface area contributed by atoms with Gasteiger partial charge in [0.2, 0.25) is 15.9 Å². The van der Waals surface area contributed by atoms with Crippen LogP contribution in [0.4, 0.5) is 0 Å². The van der Waals surface area contributed by atoms with E-state index in [9.17, 15) is 13.2 Å². The molecule has 1 aromatic rings. The molecule has 1 amide bonds. The van der Waals surface area contributed by atoms with Crippen molar-refractivity contribution in [3.63, 3.8) is 0 Å². The number of methoxy groups -OCH3 is 1. The van der Waals surface area contributed by atoms with Crippen LogP contribution >= 0.6 is 0 Å². The first-order valence-electron chi connectivity index (χ1n) is 7.89. The van der Waals surface area contributed by atoms with E-state index in [1.165, 1.54) is 4.31 Å². The van der Waals surface area contributed by atoms with Crippen molar-refractivity contribution in [2.24, 2.45) is 0 Å². The molecule has 0 radical (unpaired) electrons. The van der Waals surface area contributed by atoms with Crippen LogP contribution in [0.15, 0.2) is 24.3 Å². The number of carbonyl (C=O) groups is 1. The van der Waals surface area contributed by atoms with Gasteiger partial charge in [-0.3, -0.25) is 4.79 Å². The molecule has 0 aliphatic carbocycles. The molecule has 23 heavy (non-hydrogen) atoms. The number of sulfonamides is 1. The molecule has 128 valence electrons. The number of benzene rings is 1. The van der Waals surface area contributed by atoms with E-state index >= 15 is 0 Å². The van der Waals surface area contributed by atoms with Gasteiger partial charge < -0.3 is 10.1 Å². The van der Waals surface area contributed by atoms with Crippen LogP contribution in [0.3, 0.4) is 0 Å². The molecule has 1 saturated heterocycles. The molecule has 6 nitrogen and oxygen atoms in total. The summed E-state index contributed by atoms with van der Waals surface area (Å²) in [6.07, 6.45) is 2.46. The van der Waals surface area contributed by atoms with Crippen LogP contribution in [0.5, 0.6) is 5.75 Å². The summed E-state index contributed by atoms with van der Waals surface area (Å²) in [6, 6.07) is 7.69. The van der Waals surface area contributed by atoms with Crippen LogP contribution in [0, 0.1) is 0 Å². The fourth-order valence-corrected chi connectivity index (χ4v) is 4.26. The van der Waals surface area contributed by atoms with E-state index < -0.39 is 10.0 Å². The normalized spacial score (nSPS) is 17.6. The Balaban J connectivity index is 1.73. The number of para-hydroxylation sites is 1. The lowest BCUT2D eigenvalue weighted by atomic mass is 10.1. The zero-order chi connectivity index (χ0) is 16.7. The summed E-state index contributed by atoms with van der Waals surface area (Å²) in [6.45, 7) is 1.30. The highest BCUT2D eigenvalue weighted by atomic mass is 32.2. The molecule has 1 aromatic carbocycles. The summed E-state index contributed by atoms with van der Waals surface area (Å²) in [5.74, 6) is 0.879. The number of nitrogens with one attached hydrogen (secondary N) is 1. The van der Waals surface area contributed by atoms with E-state index in [1.54, 1.807) is 7.11 Å². The quantitative estimate of drug-likeness (QED) is 0.808. The van der Waals surface area contributed by atoms with Crippen molar-refractivity contribution < 1.29 is 17.9 Å². The fourth-order valence-electron chi connectivity index (χ4n) is 2.65. The maximum absolute atomic E-state index is 11.9. The lowest BCUT2D eigenvalue weighted by Gasteiger charge is -2.25. The van der Waals surface area contributed by atoms with Gasteiger partial charge in [-0.2, -0.15) is 0 Å². The minimum absolute atomic E-state index is 0.124. The van der Waals surface area contributed by atoms with Crippen molar-refractivity contribution in [1.82, 2.24) is 9.62 Å². The summed E-state index contributed by atoms with van der Waals surface area (Å²) < 4.78 is 30.4. The van der Waals surface area contributed by atoms with Crippen molar-refractivity contribution in [3.05, 3.63) is 29.8 Å². The zero-order valence-corrected chi connectivity index (χ0v) is 14.3. The predicted octanol–water partition coefficient (Wildman–Crippen LogP) is 1.17. The lowest BCUT2D eigenvalue weighted by Crippen LogP contribution is -2.40. The number of hydrogen-bond acceptors (Lipinski definition) is 4. The molecule has 1 heterocycles. The van der Waals surface area contributed by atoms with Crippen LogP contribution in [-0.2, 0) is 21.2 Å². The van der Waals surface area contributed by atoms with Crippen molar-refractivity contribution in [1.29, 1.82) is 0 Å². The van der Waals surface area contributed by atoms with E-state index in [4.69, 9.17) is 4.74 Å². The molecule has 0 saturated carbocycles. The second kappa shape index (κ2) is 8.31. The third-order valence-corrected chi connectivity index (χ3v) is 5.91. The summed E-state index contributed by atoms with van der Waals surface area (Å²) in [4.78, 5) is 11.9. The summed E-state index contributed by atoms with van der Waals surface area (Å²) in [7, 11) is -1.53. The summed E-state index contributed by atoms with van der Waals surface area (Å²) in [5, 5.41) is 2.83. The van der Waals surface area contributed by atoms with E-state index in [1.807, 2.05) is 24.3 Å². The minimum atomic E-state index is -3.15. The topological polar surface area (TPSA) is 75.7 Å². The average Bonchev–Trinajstić information content (AvgIpc) is 2.54. The van der Waals surface area contributed by atoms with Gasteiger partial charge in [-0.25, -0.2) is 12.7 Å². The Morgan fingerprint density at radius 1 is 1.30 bits per heavy atom. The smallest absolute Gasteiger partial charge is 0.221 e. The molecular formula is C16H24N2O4S. The zero-order valence-electron chi connectivity index (χ0n) is 13.5. The van der Waals surface area contributed by atoms with E-state index in [2.05, 4.69) is 5.32 Å². The van der Waals surface area contributed by atoms with Gasteiger partial charge in [0.1, 0.15) is 5.75 Å². The largest absolute Gasteiger partial charge is 0.496 e. The van der Waals surface area contributed by atoms with Gasteiger partial charge in [0, 0.05) is 26.1 Å². The molecule has 0 unspecified atom stereocenters. The van der Waals surface area contributed by atoms with Gasteiger partial charge in [0.05, 0.1) is 12.9 Å². The molecule has 0 atom stereocenters. The minimum Gasteiger partial charge on any atom is -0.496 e. The van der Waals surface area contributed by atoms with Crippen molar-refractivity contribution in [2.75, 3.05) is 32.5 Å². The highest BCUT2D eigenvalue weighted by molar-refractivity contribution is 7.89. The van der Waals surface area contributed by atoms with Crippen molar-refractivity contribution in [3.8, 4) is 5.75 Å². The third-order valence-electron chi connectivity index (χ3n) is 3.95. The first-order chi connectivity index (χ1) is 11.0. The van der Waals surface area contributed by atoms with Gasteiger partial charge in [-0.1, -0.05) is 18.2 Å². The van der Waals surface area contributed by atoms with Crippen LogP contribution in [-0.4, -0.2) is 51.1 Å². The van der Waals surface area contributed by atoms with Gasteiger partial charge in [-0.15, -0.1) is 0 Å². The fraction of sp³-hybridized carbons (Fsp3) is 0.562. The molecule has 1 N–H and O–H groups in total. The van der Waals surface area contributed by atoms with Crippen LogP contribution in [0.25, 0.3) is 0 Å². The molecule has 1 aliphatic rings.